The summed E-state index contributed by atoms with van der Waals surface area (Å²) in [5.41, 5.74) is 1.84. The molecule has 1 heteroatoms. The van der Waals surface area contributed by atoms with Crippen molar-refractivity contribution in [1.82, 2.24) is 0 Å². The maximum Gasteiger partial charge on any atom is 0.122 e. The van der Waals surface area contributed by atoms with E-state index in [0.717, 1.165) is 12.4 Å². The summed E-state index contributed by atoms with van der Waals surface area (Å²) in [5, 5.41) is 0. The normalized spacial score (nSPS) is 26.4. The van der Waals surface area contributed by atoms with E-state index in [-0.39, 0.29) is 5.41 Å². The van der Waals surface area contributed by atoms with Crippen molar-refractivity contribution in [2.45, 2.75) is 52.9 Å². The van der Waals surface area contributed by atoms with Crippen molar-refractivity contribution in [2.24, 2.45) is 10.8 Å². The summed E-state index contributed by atoms with van der Waals surface area (Å²) in [4.78, 5) is 0. The molecule has 1 saturated carbocycles. The standard InChI is InChI=1S/C17H26O/c1-5-10-14-15(6-2)18-13-17(16(14,3)4)11-8-7-9-12-17/h5-6,10H,2,7-9,11-13H2,1,3-4H3/b10-5-. The van der Waals surface area contributed by atoms with Gasteiger partial charge in [0.25, 0.3) is 0 Å². The highest BCUT2D eigenvalue weighted by Gasteiger charge is 2.50. The average Bonchev–Trinajstić information content (AvgIpc) is 2.37. The van der Waals surface area contributed by atoms with Gasteiger partial charge in [0, 0.05) is 16.4 Å². The smallest absolute Gasteiger partial charge is 0.122 e. The summed E-state index contributed by atoms with van der Waals surface area (Å²) in [7, 11) is 0. The summed E-state index contributed by atoms with van der Waals surface area (Å²) in [5.74, 6) is 0.981. The van der Waals surface area contributed by atoms with Crippen LogP contribution in [0.25, 0.3) is 0 Å². The molecule has 1 fully saturated rings. The second-order valence-corrected chi connectivity index (χ2v) is 6.24. The molecule has 18 heavy (non-hydrogen) atoms. The van der Waals surface area contributed by atoms with E-state index in [9.17, 15) is 0 Å². The van der Waals surface area contributed by atoms with Crippen LogP contribution in [0.3, 0.4) is 0 Å². The van der Waals surface area contributed by atoms with Crippen molar-refractivity contribution in [3.63, 3.8) is 0 Å². The largest absolute Gasteiger partial charge is 0.493 e. The van der Waals surface area contributed by atoms with E-state index in [4.69, 9.17) is 4.74 Å². The molecule has 0 unspecified atom stereocenters. The van der Waals surface area contributed by atoms with Crippen molar-refractivity contribution < 1.29 is 4.74 Å². The SMILES string of the molecule is C=CC1=C(/C=C\C)C(C)(C)C2(CCCCC2)CO1. The van der Waals surface area contributed by atoms with Crippen LogP contribution < -0.4 is 0 Å². The van der Waals surface area contributed by atoms with E-state index in [2.05, 4.69) is 39.5 Å². The van der Waals surface area contributed by atoms with Crippen LogP contribution in [0.4, 0.5) is 0 Å². The molecule has 0 aromatic heterocycles. The third kappa shape index (κ3) is 1.94. The summed E-state index contributed by atoms with van der Waals surface area (Å²) in [6.45, 7) is 11.6. The lowest BCUT2D eigenvalue weighted by Crippen LogP contribution is -2.47. The third-order valence-corrected chi connectivity index (χ3v) is 5.10. The van der Waals surface area contributed by atoms with Crippen molar-refractivity contribution >= 4 is 0 Å². The van der Waals surface area contributed by atoms with Crippen LogP contribution in [0.1, 0.15) is 52.9 Å². The van der Waals surface area contributed by atoms with Crippen LogP contribution in [0.2, 0.25) is 0 Å². The van der Waals surface area contributed by atoms with Gasteiger partial charge in [-0.15, -0.1) is 0 Å². The van der Waals surface area contributed by atoms with Gasteiger partial charge in [0.05, 0.1) is 6.61 Å². The first-order chi connectivity index (χ1) is 8.57. The van der Waals surface area contributed by atoms with E-state index in [1.165, 1.54) is 37.7 Å². The Balaban J connectivity index is 2.45. The summed E-state index contributed by atoms with van der Waals surface area (Å²) in [6, 6.07) is 0. The van der Waals surface area contributed by atoms with Gasteiger partial charge in [-0.3, -0.25) is 0 Å². The Morgan fingerprint density at radius 1 is 1.17 bits per heavy atom. The average molecular weight is 246 g/mol. The molecule has 0 radical (unpaired) electrons. The molecule has 1 nitrogen and oxygen atoms in total. The molecule has 1 spiro atoms. The zero-order valence-electron chi connectivity index (χ0n) is 12.1. The minimum absolute atomic E-state index is 0.182. The van der Waals surface area contributed by atoms with Gasteiger partial charge in [-0.25, -0.2) is 0 Å². The third-order valence-electron chi connectivity index (χ3n) is 5.10. The molecule has 2 rings (SSSR count). The fraction of sp³-hybridized carbons (Fsp3) is 0.647. The number of allylic oxidation sites excluding steroid dienone is 4. The van der Waals surface area contributed by atoms with Crippen molar-refractivity contribution in [1.29, 1.82) is 0 Å². The van der Waals surface area contributed by atoms with Crippen LogP contribution in [0, 0.1) is 10.8 Å². The monoisotopic (exact) mass is 246 g/mol. The van der Waals surface area contributed by atoms with Crippen LogP contribution in [-0.2, 0) is 4.74 Å². The molecular weight excluding hydrogens is 220 g/mol. The second-order valence-electron chi connectivity index (χ2n) is 6.24. The maximum absolute atomic E-state index is 6.03. The maximum atomic E-state index is 6.03. The van der Waals surface area contributed by atoms with E-state index < -0.39 is 0 Å². The first kappa shape index (κ1) is 13.5. The number of ether oxygens (including phenoxy) is 1. The molecule has 0 bridgehead atoms. The quantitative estimate of drug-likeness (QED) is 0.665. The molecule has 100 valence electrons. The first-order valence-corrected chi connectivity index (χ1v) is 7.20. The number of hydrogen-bond donors (Lipinski definition) is 0. The fourth-order valence-corrected chi connectivity index (χ4v) is 3.69. The van der Waals surface area contributed by atoms with Crippen molar-refractivity contribution in [2.75, 3.05) is 6.61 Å². The van der Waals surface area contributed by atoms with Crippen LogP contribution in [0.15, 0.2) is 36.1 Å². The van der Waals surface area contributed by atoms with E-state index in [1.54, 1.807) is 0 Å². The molecule has 2 aliphatic rings. The number of hydrogen-bond acceptors (Lipinski definition) is 1. The minimum atomic E-state index is 0.182. The lowest BCUT2D eigenvalue weighted by molar-refractivity contribution is -0.0412. The van der Waals surface area contributed by atoms with E-state index in [1.807, 2.05) is 6.08 Å². The van der Waals surface area contributed by atoms with Gasteiger partial charge in [0.1, 0.15) is 5.76 Å². The number of rotatable bonds is 2. The highest BCUT2D eigenvalue weighted by Crippen LogP contribution is 2.57. The van der Waals surface area contributed by atoms with Gasteiger partial charge in [-0.05, 0) is 25.8 Å². The molecule has 0 amide bonds. The molecule has 0 aromatic carbocycles. The summed E-state index contributed by atoms with van der Waals surface area (Å²) in [6.07, 6.45) is 12.9. The molecule has 0 atom stereocenters. The Labute approximate surface area is 112 Å². The Hall–Kier alpha value is -0.980. The fourth-order valence-electron chi connectivity index (χ4n) is 3.69. The zero-order valence-corrected chi connectivity index (χ0v) is 12.1. The summed E-state index contributed by atoms with van der Waals surface area (Å²) >= 11 is 0. The Bertz CT molecular complexity index is 378. The Kier molecular flexibility index (Phi) is 3.70. The van der Waals surface area contributed by atoms with Crippen molar-refractivity contribution in [3.05, 3.63) is 36.1 Å². The van der Waals surface area contributed by atoms with Crippen molar-refractivity contribution in [3.8, 4) is 0 Å². The summed E-state index contributed by atoms with van der Waals surface area (Å²) < 4.78 is 6.03. The van der Waals surface area contributed by atoms with Gasteiger partial charge in [-0.2, -0.15) is 0 Å². The van der Waals surface area contributed by atoms with Gasteiger partial charge in [0.2, 0.25) is 0 Å². The zero-order chi connectivity index (χ0) is 13.2. The molecule has 0 N–H and O–H groups in total. The van der Waals surface area contributed by atoms with Gasteiger partial charge in [0.15, 0.2) is 0 Å². The molecule has 0 aromatic rings. The minimum Gasteiger partial charge on any atom is -0.493 e. The topological polar surface area (TPSA) is 9.23 Å². The van der Waals surface area contributed by atoms with Gasteiger partial charge >= 0.3 is 0 Å². The molecule has 1 heterocycles. The molecule has 1 aliphatic carbocycles. The van der Waals surface area contributed by atoms with Crippen LogP contribution >= 0.6 is 0 Å². The Morgan fingerprint density at radius 3 is 2.39 bits per heavy atom. The van der Waals surface area contributed by atoms with E-state index in [0.29, 0.717) is 5.41 Å². The Morgan fingerprint density at radius 2 is 1.83 bits per heavy atom. The predicted molar refractivity (Wildman–Crippen MR) is 77.3 cm³/mol. The van der Waals surface area contributed by atoms with Crippen LogP contribution in [-0.4, -0.2) is 6.61 Å². The highest BCUT2D eigenvalue weighted by molar-refractivity contribution is 5.37. The molecule has 0 saturated heterocycles. The van der Waals surface area contributed by atoms with Gasteiger partial charge in [-0.1, -0.05) is 51.8 Å². The highest BCUT2D eigenvalue weighted by atomic mass is 16.5. The molecular formula is C17H26O. The predicted octanol–water partition coefficient (Wildman–Crippen LogP) is 5.01. The van der Waals surface area contributed by atoms with Crippen LogP contribution in [0.5, 0.6) is 0 Å². The van der Waals surface area contributed by atoms with Gasteiger partial charge < -0.3 is 4.74 Å². The lowest BCUT2D eigenvalue weighted by atomic mass is 9.55. The lowest BCUT2D eigenvalue weighted by Gasteiger charge is -2.53. The second kappa shape index (κ2) is 4.95. The molecule has 1 aliphatic heterocycles. The van der Waals surface area contributed by atoms with E-state index >= 15 is 0 Å². The first-order valence-electron chi connectivity index (χ1n) is 7.20.